The maximum absolute atomic E-state index is 13.6. The first-order valence-corrected chi connectivity index (χ1v) is 8.19. The first-order chi connectivity index (χ1) is 13.2. The molecule has 0 fully saturated rings. The average molecular weight is 393 g/mol. The van der Waals surface area contributed by atoms with Crippen LogP contribution in [0.25, 0.3) is 5.69 Å². The maximum Gasteiger partial charge on any atom is 0.416 e. The summed E-state index contributed by atoms with van der Waals surface area (Å²) >= 11 is 0. The van der Waals surface area contributed by atoms with E-state index in [-0.39, 0.29) is 23.2 Å². The Kier molecular flexibility index (Phi) is 5.28. The van der Waals surface area contributed by atoms with E-state index in [9.17, 15) is 27.5 Å². The van der Waals surface area contributed by atoms with Gasteiger partial charge in [-0.25, -0.2) is 9.07 Å². The summed E-state index contributed by atoms with van der Waals surface area (Å²) in [6.07, 6.45) is -2.67. The van der Waals surface area contributed by atoms with Gasteiger partial charge in [0.25, 0.3) is 0 Å². The second-order valence-corrected chi connectivity index (χ2v) is 6.16. The van der Waals surface area contributed by atoms with Gasteiger partial charge in [-0.05, 0) is 42.8 Å². The summed E-state index contributed by atoms with van der Waals surface area (Å²) < 4.78 is 53.6. The van der Waals surface area contributed by atoms with Gasteiger partial charge < -0.3 is 5.11 Å². The molecule has 0 saturated carbocycles. The normalized spacial score (nSPS) is 11.6. The predicted octanol–water partition coefficient (Wildman–Crippen LogP) is 3.63. The Bertz CT molecular complexity index is 1030. The fourth-order valence-electron chi connectivity index (χ4n) is 2.93. The number of aromatic nitrogens is 3. The summed E-state index contributed by atoms with van der Waals surface area (Å²) in [5.74, 6) is -0.984. The Morgan fingerprint density at radius 2 is 1.96 bits per heavy atom. The third-order valence-electron chi connectivity index (χ3n) is 4.19. The van der Waals surface area contributed by atoms with Gasteiger partial charge in [0.05, 0.1) is 34.8 Å². The quantitative estimate of drug-likeness (QED) is 0.531. The topological polar surface area (TPSA) is 68.0 Å². The fraction of sp³-hybridized carbons (Fsp3) is 0.211. The first-order valence-electron chi connectivity index (χ1n) is 8.19. The second kappa shape index (κ2) is 7.51. The van der Waals surface area contributed by atoms with Crippen LogP contribution in [0.5, 0.6) is 0 Å². The van der Waals surface area contributed by atoms with Crippen LogP contribution in [-0.2, 0) is 19.2 Å². The number of nitrogens with zero attached hydrogens (tertiary/aromatic N) is 3. The van der Waals surface area contributed by atoms with E-state index in [0.717, 1.165) is 12.1 Å². The molecule has 0 amide bonds. The number of hydrogen-bond donors (Lipinski definition) is 1. The number of benzene rings is 1. The van der Waals surface area contributed by atoms with E-state index in [0.29, 0.717) is 29.4 Å². The largest absolute Gasteiger partial charge is 0.416 e. The molecule has 0 aliphatic heterocycles. The smallest absolute Gasteiger partial charge is 0.390 e. The van der Waals surface area contributed by atoms with Crippen molar-refractivity contribution in [3.05, 3.63) is 76.1 Å². The molecule has 1 N–H and O–H groups in total. The fourth-order valence-corrected chi connectivity index (χ4v) is 2.93. The third kappa shape index (κ3) is 3.94. The average Bonchev–Trinajstić information content (AvgIpc) is 2.96. The van der Waals surface area contributed by atoms with Gasteiger partial charge in [0.1, 0.15) is 5.82 Å². The van der Waals surface area contributed by atoms with Crippen molar-refractivity contribution in [2.45, 2.75) is 26.1 Å². The van der Waals surface area contributed by atoms with Crippen molar-refractivity contribution in [2.75, 3.05) is 0 Å². The highest BCUT2D eigenvalue weighted by Gasteiger charge is 2.31. The van der Waals surface area contributed by atoms with Crippen molar-refractivity contribution in [1.29, 1.82) is 0 Å². The van der Waals surface area contributed by atoms with Crippen molar-refractivity contribution >= 4 is 6.29 Å². The van der Waals surface area contributed by atoms with Gasteiger partial charge in [-0.2, -0.15) is 18.3 Å². The van der Waals surface area contributed by atoms with E-state index in [1.165, 1.54) is 10.9 Å². The van der Waals surface area contributed by atoms with Crippen LogP contribution in [0.3, 0.4) is 0 Å². The van der Waals surface area contributed by atoms with E-state index in [1.54, 1.807) is 19.1 Å². The number of aliphatic hydroxyl groups is 1. The summed E-state index contributed by atoms with van der Waals surface area (Å²) in [5.41, 5.74) is 0.871. The summed E-state index contributed by atoms with van der Waals surface area (Å²) in [4.78, 5) is 15.3. The van der Waals surface area contributed by atoms with Gasteiger partial charge in [-0.15, -0.1) is 0 Å². The summed E-state index contributed by atoms with van der Waals surface area (Å²) in [6, 6.07) is 5.47. The van der Waals surface area contributed by atoms with Crippen LogP contribution in [0.2, 0.25) is 0 Å². The number of aliphatic hydroxyl groups excluding tert-OH is 1. The molecule has 5 nitrogen and oxygen atoms in total. The highest BCUT2D eigenvalue weighted by Crippen LogP contribution is 2.31. The van der Waals surface area contributed by atoms with Crippen LogP contribution in [0.1, 0.15) is 38.6 Å². The minimum absolute atomic E-state index is 0.0378. The molecule has 0 aliphatic rings. The zero-order chi connectivity index (χ0) is 20.5. The SMILES string of the molecule is Cc1nn(-c2ccnc(Cc3cc(F)cc(C(F)(F)F)c3)c2)c(CO)c1C=O. The Morgan fingerprint density at radius 1 is 1.21 bits per heavy atom. The van der Waals surface area contributed by atoms with Crippen LogP contribution in [0.15, 0.2) is 36.5 Å². The lowest BCUT2D eigenvalue weighted by Crippen LogP contribution is -2.07. The number of halogens is 4. The molecule has 0 radical (unpaired) electrons. The lowest BCUT2D eigenvalue weighted by atomic mass is 10.0. The Labute approximate surface area is 157 Å². The molecule has 0 bridgehead atoms. The lowest BCUT2D eigenvalue weighted by molar-refractivity contribution is -0.137. The summed E-state index contributed by atoms with van der Waals surface area (Å²) in [7, 11) is 0. The van der Waals surface area contributed by atoms with Gasteiger partial charge in [-0.3, -0.25) is 9.78 Å². The molecule has 0 atom stereocenters. The number of rotatable bonds is 5. The van der Waals surface area contributed by atoms with Gasteiger partial charge in [0.2, 0.25) is 0 Å². The van der Waals surface area contributed by atoms with Gasteiger partial charge >= 0.3 is 6.18 Å². The highest BCUT2D eigenvalue weighted by molar-refractivity contribution is 5.78. The molecule has 146 valence electrons. The number of pyridine rings is 1. The minimum atomic E-state index is -4.65. The van der Waals surface area contributed by atoms with Crippen LogP contribution < -0.4 is 0 Å². The zero-order valence-electron chi connectivity index (χ0n) is 14.7. The molecule has 0 aliphatic carbocycles. The summed E-state index contributed by atoms with van der Waals surface area (Å²) in [5, 5.41) is 13.8. The molecule has 0 spiro atoms. The van der Waals surface area contributed by atoms with Crippen molar-refractivity contribution in [1.82, 2.24) is 14.8 Å². The van der Waals surface area contributed by atoms with E-state index in [1.807, 2.05) is 0 Å². The predicted molar refractivity (Wildman–Crippen MR) is 91.6 cm³/mol. The summed E-state index contributed by atoms with van der Waals surface area (Å²) in [6.45, 7) is 1.19. The standard InChI is InChI=1S/C19H15F4N3O2/c1-11-17(9-27)18(10-28)26(25-11)16-2-3-24-15(8-16)6-12-4-13(19(21,22)23)7-14(20)5-12/h2-5,7-9,28H,6,10H2,1H3. The molecule has 0 saturated heterocycles. The molecule has 28 heavy (non-hydrogen) atoms. The molecule has 2 heterocycles. The van der Waals surface area contributed by atoms with Crippen molar-refractivity contribution in [3.8, 4) is 5.69 Å². The molecular weight excluding hydrogens is 378 g/mol. The van der Waals surface area contributed by atoms with E-state index in [4.69, 9.17) is 0 Å². The Balaban J connectivity index is 1.98. The van der Waals surface area contributed by atoms with Crippen molar-refractivity contribution in [2.24, 2.45) is 0 Å². The highest BCUT2D eigenvalue weighted by atomic mass is 19.4. The number of alkyl halides is 3. The molecule has 3 aromatic rings. The van der Waals surface area contributed by atoms with Crippen LogP contribution in [-0.4, -0.2) is 26.2 Å². The van der Waals surface area contributed by atoms with Gasteiger partial charge in [0.15, 0.2) is 6.29 Å². The van der Waals surface area contributed by atoms with E-state index < -0.39 is 24.2 Å². The van der Waals surface area contributed by atoms with Crippen LogP contribution >= 0.6 is 0 Å². The van der Waals surface area contributed by atoms with E-state index in [2.05, 4.69) is 10.1 Å². The molecule has 1 aromatic carbocycles. The lowest BCUT2D eigenvalue weighted by Gasteiger charge is -2.10. The van der Waals surface area contributed by atoms with Crippen molar-refractivity contribution in [3.63, 3.8) is 0 Å². The van der Waals surface area contributed by atoms with Crippen molar-refractivity contribution < 1.29 is 27.5 Å². The number of aldehydes is 1. The molecule has 0 unspecified atom stereocenters. The Hall–Kier alpha value is -3.07. The molecule has 2 aromatic heterocycles. The van der Waals surface area contributed by atoms with E-state index >= 15 is 0 Å². The molecule has 3 rings (SSSR count). The zero-order valence-corrected chi connectivity index (χ0v) is 14.7. The number of aryl methyl sites for hydroxylation is 1. The number of carbonyl (C=O) groups is 1. The monoisotopic (exact) mass is 393 g/mol. The minimum Gasteiger partial charge on any atom is -0.390 e. The second-order valence-electron chi connectivity index (χ2n) is 6.16. The van der Waals surface area contributed by atoms with Gasteiger partial charge in [0, 0.05) is 18.3 Å². The maximum atomic E-state index is 13.6. The van der Waals surface area contributed by atoms with Crippen LogP contribution in [0, 0.1) is 12.7 Å². The number of carbonyl (C=O) groups excluding carboxylic acids is 1. The van der Waals surface area contributed by atoms with Crippen LogP contribution in [0.4, 0.5) is 17.6 Å². The van der Waals surface area contributed by atoms with Gasteiger partial charge in [-0.1, -0.05) is 0 Å². The number of hydrogen-bond acceptors (Lipinski definition) is 4. The third-order valence-corrected chi connectivity index (χ3v) is 4.19. The molecule has 9 heteroatoms. The molecular formula is C19H15F4N3O2. The Morgan fingerprint density at radius 3 is 2.61 bits per heavy atom. The first kappa shape index (κ1) is 19.7.